The van der Waals surface area contributed by atoms with Crippen LogP contribution in [0, 0.1) is 11.3 Å². The summed E-state index contributed by atoms with van der Waals surface area (Å²) in [5.74, 6) is 2.13. The van der Waals surface area contributed by atoms with Crippen molar-refractivity contribution in [2.24, 2.45) is 0 Å². The third-order valence-electron chi connectivity index (χ3n) is 4.85. The summed E-state index contributed by atoms with van der Waals surface area (Å²) in [6.45, 7) is 6.89. The quantitative estimate of drug-likeness (QED) is 0.658. The summed E-state index contributed by atoms with van der Waals surface area (Å²) >= 11 is 0. The van der Waals surface area contributed by atoms with Gasteiger partial charge < -0.3 is 20.5 Å². The average Bonchev–Trinajstić information content (AvgIpc) is 2.74. The van der Waals surface area contributed by atoms with Crippen molar-refractivity contribution in [1.82, 2.24) is 14.9 Å². The Bertz CT molecular complexity index is 887. The molecule has 1 aromatic carbocycles. The number of nitrogens with zero attached hydrogens (tertiary/aromatic N) is 4. The fraction of sp³-hybridized carbons (Fsp3) is 0.381. The summed E-state index contributed by atoms with van der Waals surface area (Å²) in [5, 5.41) is 12.2. The maximum atomic E-state index is 8.91. The van der Waals surface area contributed by atoms with E-state index < -0.39 is 0 Å². The first-order valence-corrected chi connectivity index (χ1v) is 9.55. The van der Waals surface area contributed by atoms with Crippen LogP contribution in [0.15, 0.2) is 37.1 Å². The van der Waals surface area contributed by atoms with Gasteiger partial charge in [0.05, 0.1) is 13.3 Å². The van der Waals surface area contributed by atoms with Crippen LogP contribution in [0.1, 0.15) is 24.0 Å². The zero-order chi connectivity index (χ0) is 20.6. The molecule has 1 aliphatic heterocycles. The van der Waals surface area contributed by atoms with Gasteiger partial charge in [-0.15, -0.1) is 0 Å². The topological polar surface area (TPSA) is 109 Å². The van der Waals surface area contributed by atoms with Gasteiger partial charge in [0.15, 0.2) is 11.5 Å². The number of piperidine rings is 1. The number of likely N-dealkylation sites (tertiary alicyclic amines) is 1. The number of nitrogen functional groups attached to an aromatic ring is 1. The Hall–Kier alpha value is -3.31. The molecule has 2 aromatic rings. The van der Waals surface area contributed by atoms with Gasteiger partial charge in [0.2, 0.25) is 5.95 Å². The average molecular weight is 394 g/mol. The lowest BCUT2D eigenvalue weighted by Crippen LogP contribution is -2.39. The van der Waals surface area contributed by atoms with Gasteiger partial charge in [-0.25, -0.2) is 4.98 Å². The largest absolute Gasteiger partial charge is 0.493 e. The van der Waals surface area contributed by atoms with Gasteiger partial charge in [0.1, 0.15) is 24.1 Å². The number of aromatic nitrogens is 2. The number of anilines is 2. The molecule has 1 fully saturated rings. The molecule has 0 amide bonds. The number of nitriles is 1. The van der Waals surface area contributed by atoms with Crippen LogP contribution in [-0.2, 0) is 6.54 Å². The number of rotatable bonds is 8. The van der Waals surface area contributed by atoms with E-state index in [0.717, 1.165) is 44.0 Å². The van der Waals surface area contributed by atoms with Crippen molar-refractivity contribution >= 4 is 11.8 Å². The van der Waals surface area contributed by atoms with Gasteiger partial charge in [0.25, 0.3) is 0 Å². The zero-order valence-electron chi connectivity index (χ0n) is 16.6. The Labute approximate surface area is 171 Å². The molecule has 1 aromatic heterocycles. The highest BCUT2D eigenvalue weighted by Crippen LogP contribution is 2.29. The summed E-state index contributed by atoms with van der Waals surface area (Å²) in [6, 6.07) is 8.28. The van der Waals surface area contributed by atoms with Gasteiger partial charge >= 0.3 is 0 Å². The smallest absolute Gasteiger partial charge is 0.224 e. The predicted octanol–water partition coefficient (Wildman–Crippen LogP) is 2.58. The third-order valence-corrected chi connectivity index (χ3v) is 4.85. The fourth-order valence-corrected chi connectivity index (χ4v) is 3.31. The fourth-order valence-electron chi connectivity index (χ4n) is 3.31. The zero-order valence-corrected chi connectivity index (χ0v) is 16.6. The highest BCUT2D eigenvalue weighted by molar-refractivity contribution is 5.50. The van der Waals surface area contributed by atoms with Gasteiger partial charge in [-0.2, -0.15) is 10.2 Å². The highest BCUT2D eigenvalue weighted by Gasteiger charge is 2.20. The molecule has 3 N–H and O–H groups in total. The van der Waals surface area contributed by atoms with E-state index in [-0.39, 0.29) is 11.9 Å². The first-order valence-electron chi connectivity index (χ1n) is 9.55. The Morgan fingerprint density at radius 3 is 2.83 bits per heavy atom. The van der Waals surface area contributed by atoms with E-state index in [0.29, 0.717) is 18.1 Å². The number of benzene rings is 1. The van der Waals surface area contributed by atoms with Crippen molar-refractivity contribution in [2.75, 3.05) is 37.9 Å². The molecular weight excluding hydrogens is 368 g/mol. The Morgan fingerprint density at radius 2 is 2.17 bits per heavy atom. The van der Waals surface area contributed by atoms with Gasteiger partial charge in [-0.3, -0.25) is 4.90 Å². The SMILES string of the molecule is C=CCOc1cc(CN2CCC(Nc3ncc(C#N)c(N)n3)CC2)ccc1OC. The van der Waals surface area contributed by atoms with Crippen LogP contribution in [0.5, 0.6) is 11.5 Å². The number of nitrogens with two attached hydrogens (primary N) is 1. The monoisotopic (exact) mass is 394 g/mol. The molecule has 29 heavy (non-hydrogen) atoms. The van der Waals surface area contributed by atoms with Crippen molar-refractivity contribution in [1.29, 1.82) is 5.26 Å². The van der Waals surface area contributed by atoms with E-state index in [1.165, 1.54) is 11.8 Å². The van der Waals surface area contributed by atoms with Crippen molar-refractivity contribution in [3.05, 3.63) is 48.2 Å². The minimum Gasteiger partial charge on any atom is -0.493 e. The molecule has 0 unspecified atom stereocenters. The van der Waals surface area contributed by atoms with E-state index in [1.54, 1.807) is 13.2 Å². The second-order valence-corrected chi connectivity index (χ2v) is 6.88. The van der Waals surface area contributed by atoms with E-state index >= 15 is 0 Å². The summed E-state index contributed by atoms with van der Waals surface area (Å²) < 4.78 is 11.1. The molecule has 0 bridgehead atoms. The summed E-state index contributed by atoms with van der Waals surface area (Å²) in [6.07, 6.45) is 5.11. The second kappa shape index (κ2) is 9.75. The van der Waals surface area contributed by atoms with E-state index in [2.05, 4.69) is 32.8 Å². The number of hydrogen-bond donors (Lipinski definition) is 2. The third kappa shape index (κ3) is 5.36. The minimum atomic E-state index is 0.205. The second-order valence-electron chi connectivity index (χ2n) is 6.88. The Balaban J connectivity index is 1.54. The maximum Gasteiger partial charge on any atom is 0.224 e. The molecule has 1 saturated heterocycles. The molecule has 8 heteroatoms. The van der Waals surface area contributed by atoms with Gasteiger partial charge in [-0.05, 0) is 30.5 Å². The van der Waals surface area contributed by atoms with Crippen molar-refractivity contribution in [3.8, 4) is 17.6 Å². The van der Waals surface area contributed by atoms with Crippen LogP contribution in [0.25, 0.3) is 0 Å². The van der Waals surface area contributed by atoms with E-state index in [4.69, 9.17) is 20.5 Å². The van der Waals surface area contributed by atoms with Crippen LogP contribution >= 0.6 is 0 Å². The molecule has 2 heterocycles. The minimum absolute atomic E-state index is 0.205. The molecule has 0 radical (unpaired) electrons. The summed E-state index contributed by atoms with van der Waals surface area (Å²) in [7, 11) is 1.64. The van der Waals surface area contributed by atoms with Crippen LogP contribution in [-0.4, -0.2) is 47.7 Å². The molecule has 0 spiro atoms. The lowest BCUT2D eigenvalue weighted by molar-refractivity contribution is 0.210. The molecule has 0 saturated carbocycles. The van der Waals surface area contributed by atoms with Crippen LogP contribution < -0.4 is 20.5 Å². The molecule has 3 rings (SSSR count). The molecule has 8 nitrogen and oxygen atoms in total. The number of ether oxygens (including phenoxy) is 2. The highest BCUT2D eigenvalue weighted by atomic mass is 16.5. The normalized spacial score (nSPS) is 14.8. The van der Waals surface area contributed by atoms with Gasteiger partial charge in [-0.1, -0.05) is 18.7 Å². The first-order chi connectivity index (χ1) is 14.1. The predicted molar refractivity (Wildman–Crippen MR) is 112 cm³/mol. The molecule has 0 aliphatic carbocycles. The lowest BCUT2D eigenvalue weighted by Gasteiger charge is -2.32. The Morgan fingerprint density at radius 1 is 1.38 bits per heavy atom. The van der Waals surface area contributed by atoms with E-state index in [9.17, 15) is 0 Å². The van der Waals surface area contributed by atoms with Crippen molar-refractivity contribution < 1.29 is 9.47 Å². The van der Waals surface area contributed by atoms with Crippen molar-refractivity contribution in [2.45, 2.75) is 25.4 Å². The Kier molecular flexibility index (Phi) is 6.87. The summed E-state index contributed by atoms with van der Waals surface area (Å²) in [4.78, 5) is 10.7. The molecule has 1 aliphatic rings. The number of hydrogen-bond acceptors (Lipinski definition) is 8. The standard InChI is InChI=1S/C21H26N6O2/c1-3-10-29-19-11-15(4-5-18(19)28-2)14-27-8-6-17(7-9-27)25-21-24-13-16(12-22)20(23)26-21/h3-5,11,13,17H,1,6-10,14H2,2H3,(H3,23,24,25,26). The van der Waals surface area contributed by atoms with E-state index in [1.807, 2.05) is 18.2 Å². The van der Waals surface area contributed by atoms with Crippen LogP contribution in [0.3, 0.4) is 0 Å². The number of nitrogens with one attached hydrogen (secondary N) is 1. The first kappa shape index (κ1) is 20.4. The molecule has 0 atom stereocenters. The van der Waals surface area contributed by atoms with Gasteiger partial charge in [0, 0.05) is 25.7 Å². The van der Waals surface area contributed by atoms with Crippen LogP contribution in [0.2, 0.25) is 0 Å². The molecular formula is C21H26N6O2. The van der Waals surface area contributed by atoms with Crippen molar-refractivity contribution in [3.63, 3.8) is 0 Å². The lowest BCUT2D eigenvalue weighted by atomic mass is 10.0. The maximum absolute atomic E-state index is 8.91. The number of methoxy groups -OCH3 is 1. The molecule has 152 valence electrons. The summed E-state index contributed by atoms with van der Waals surface area (Å²) in [5.41, 5.74) is 7.23. The van der Waals surface area contributed by atoms with Crippen LogP contribution in [0.4, 0.5) is 11.8 Å².